The molecule has 0 unspecified atom stereocenters. The summed E-state index contributed by atoms with van der Waals surface area (Å²) in [5, 5.41) is 5.76. The van der Waals surface area contributed by atoms with E-state index < -0.39 is 0 Å². The number of nitrogens with one attached hydrogen (secondary N) is 2. The van der Waals surface area contributed by atoms with Crippen molar-refractivity contribution in [2.24, 2.45) is 0 Å². The Bertz CT molecular complexity index is 746. The van der Waals surface area contributed by atoms with Gasteiger partial charge in [0.25, 0.3) is 0 Å². The van der Waals surface area contributed by atoms with Gasteiger partial charge in [0.15, 0.2) is 0 Å². The average Bonchev–Trinajstić information content (AvgIpc) is 2.69. The SMILES string of the molecule is COc1ccc(N2CCN(CCNC(=O)Nc3cccc(Br)c3)CC2)cc1. The second-order valence-electron chi connectivity index (χ2n) is 6.42. The molecule has 2 aromatic rings. The molecule has 2 amide bonds. The Morgan fingerprint density at radius 1 is 1.11 bits per heavy atom. The minimum Gasteiger partial charge on any atom is -0.497 e. The number of hydrogen-bond acceptors (Lipinski definition) is 4. The topological polar surface area (TPSA) is 56.8 Å². The molecular weight excluding hydrogens is 408 g/mol. The summed E-state index contributed by atoms with van der Waals surface area (Å²) >= 11 is 3.40. The van der Waals surface area contributed by atoms with Crippen LogP contribution in [0.15, 0.2) is 53.0 Å². The molecule has 0 radical (unpaired) electrons. The van der Waals surface area contributed by atoms with Crippen molar-refractivity contribution in [1.29, 1.82) is 0 Å². The summed E-state index contributed by atoms with van der Waals surface area (Å²) in [5.41, 5.74) is 2.00. The minimum absolute atomic E-state index is 0.176. The number of ether oxygens (including phenoxy) is 1. The monoisotopic (exact) mass is 432 g/mol. The van der Waals surface area contributed by atoms with E-state index in [1.165, 1.54) is 5.69 Å². The van der Waals surface area contributed by atoms with Crippen LogP contribution in [0.3, 0.4) is 0 Å². The molecule has 1 heterocycles. The summed E-state index contributed by atoms with van der Waals surface area (Å²) < 4.78 is 6.15. The lowest BCUT2D eigenvalue weighted by atomic mass is 10.2. The Balaban J connectivity index is 1.36. The summed E-state index contributed by atoms with van der Waals surface area (Å²) in [5.74, 6) is 0.879. The van der Waals surface area contributed by atoms with E-state index in [4.69, 9.17) is 4.74 Å². The van der Waals surface area contributed by atoms with Crippen molar-refractivity contribution in [2.75, 3.05) is 56.6 Å². The van der Waals surface area contributed by atoms with E-state index in [-0.39, 0.29) is 6.03 Å². The standard InChI is InChI=1S/C20H25BrN4O2/c1-27-19-7-5-18(6-8-19)25-13-11-24(12-14-25)10-9-22-20(26)23-17-4-2-3-16(21)15-17/h2-8,15H,9-14H2,1H3,(H2,22,23,26). The molecule has 27 heavy (non-hydrogen) atoms. The first-order valence-corrected chi connectivity index (χ1v) is 9.85. The number of benzene rings is 2. The molecule has 0 aromatic heterocycles. The molecule has 7 heteroatoms. The molecule has 144 valence electrons. The third-order valence-corrected chi connectivity index (χ3v) is 5.10. The normalized spacial score (nSPS) is 14.7. The van der Waals surface area contributed by atoms with Gasteiger partial charge in [0.1, 0.15) is 5.75 Å². The van der Waals surface area contributed by atoms with Crippen LogP contribution < -0.4 is 20.3 Å². The van der Waals surface area contributed by atoms with Gasteiger partial charge in [-0.3, -0.25) is 4.90 Å². The zero-order valence-corrected chi connectivity index (χ0v) is 17.0. The predicted octanol–water partition coefficient (Wildman–Crippen LogP) is 3.40. The molecular formula is C20H25BrN4O2. The second-order valence-corrected chi connectivity index (χ2v) is 7.33. The van der Waals surface area contributed by atoms with Crippen LogP contribution in [-0.2, 0) is 0 Å². The third-order valence-electron chi connectivity index (χ3n) is 4.61. The van der Waals surface area contributed by atoms with Crippen LogP contribution in [0, 0.1) is 0 Å². The van der Waals surface area contributed by atoms with Crippen molar-refractivity contribution in [3.63, 3.8) is 0 Å². The largest absolute Gasteiger partial charge is 0.497 e. The number of methoxy groups -OCH3 is 1. The maximum Gasteiger partial charge on any atom is 0.319 e. The molecule has 3 rings (SSSR count). The molecule has 0 spiro atoms. The van der Waals surface area contributed by atoms with Gasteiger partial charge in [-0.1, -0.05) is 22.0 Å². The van der Waals surface area contributed by atoms with Gasteiger partial charge in [0, 0.05) is 55.1 Å². The highest BCUT2D eigenvalue weighted by atomic mass is 79.9. The number of hydrogen-bond donors (Lipinski definition) is 2. The highest BCUT2D eigenvalue weighted by molar-refractivity contribution is 9.10. The number of anilines is 2. The highest BCUT2D eigenvalue weighted by Gasteiger charge is 2.17. The van der Waals surface area contributed by atoms with E-state index in [1.807, 2.05) is 36.4 Å². The fourth-order valence-electron chi connectivity index (χ4n) is 3.09. The number of rotatable bonds is 6. The summed E-state index contributed by atoms with van der Waals surface area (Å²) in [6.07, 6.45) is 0. The van der Waals surface area contributed by atoms with Crippen molar-refractivity contribution in [3.8, 4) is 5.75 Å². The van der Waals surface area contributed by atoms with Crippen LogP contribution in [-0.4, -0.2) is 57.3 Å². The number of halogens is 1. The molecule has 6 nitrogen and oxygen atoms in total. The Labute approximate surface area is 168 Å². The number of carbonyl (C=O) groups excluding carboxylic acids is 1. The Kier molecular flexibility index (Phi) is 6.95. The van der Waals surface area contributed by atoms with Crippen LogP contribution in [0.5, 0.6) is 5.75 Å². The lowest BCUT2D eigenvalue weighted by Gasteiger charge is -2.36. The average molecular weight is 433 g/mol. The van der Waals surface area contributed by atoms with E-state index in [0.29, 0.717) is 6.54 Å². The van der Waals surface area contributed by atoms with Gasteiger partial charge in [-0.05, 0) is 42.5 Å². The lowest BCUT2D eigenvalue weighted by Crippen LogP contribution is -2.48. The molecule has 1 fully saturated rings. The van der Waals surface area contributed by atoms with E-state index >= 15 is 0 Å². The van der Waals surface area contributed by atoms with Crippen molar-refractivity contribution >= 4 is 33.3 Å². The van der Waals surface area contributed by atoms with Gasteiger partial charge in [-0.2, -0.15) is 0 Å². The fourth-order valence-corrected chi connectivity index (χ4v) is 3.49. The Morgan fingerprint density at radius 2 is 1.85 bits per heavy atom. The summed E-state index contributed by atoms with van der Waals surface area (Å²) in [4.78, 5) is 16.7. The summed E-state index contributed by atoms with van der Waals surface area (Å²) in [6.45, 7) is 5.42. The smallest absolute Gasteiger partial charge is 0.319 e. The molecule has 2 N–H and O–H groups in total. The quantitative estimate of drug-likeness (QED) is 0.734. The van der Waals surface area contributed by atoms with Gasteiger partial charge in [0.2, 0.25) is 0 Å². The van der Waals surface area contributed by atoms with Gasteiger partial charge in [-0.15, -0.1) is 0 Å². The molecule has 0 atom stereocenters. The molecule has 0 bridgehead atoms. The zero-order valence-electron chi connectivity index (χ0n) is 15.5. The number of carbonyl (C=O) groups is 1. The number of urea groups is 1. The second kappa shape index (κ2) is 9.62. The molecule has 1 aliphatic rings. The molecule has 2 aromatic carbocycles. The van der Waals surface area contributed by atoms with Crippen LogP contribution in [0.2, 0.25) is 0 Å². The van der Waals surface area contributed by atoms with E-state index in [2.05, 4.69) is 48.5 Å². The molecule has 1 aliphatic heterocycles. The van der Waals surface area contributed by atoms with Crippen LogP contribution in [0.4, 0.5) is 16.2 Å². The predicted molar refractivity (Wildman–Crippen MR) is 113 cm³/mol. The van der Waals surface area contributed by atoms with Crippen LogP contribution in [0.1, 0.15) is 0 Å². The van der Waals surface area contributed by atoms with Crippen molar-refractivity contribution < 1.29 is 9.53 Å². The van der Waals surface area contributed by atoms with Crippen molar-refractivity contribution in [3.05, 3.63) is 53.0 Å². The van der Waals surface area contributed by atoms with Crippen molar-refractivity contribution in [2.45, 2.75) is 0 Å². The van der Waals surface area contributed by atoms with E-state index in [1.54, 1.807) is 7.11 Å². The number of amides is 2. The van der Waals surface area contributed by atoms with Gasteiger partial charge in [-0.25, -0.2) is 4.79 Å². The highest BCUT2D eigenvalue weighted by Crippen LogP contribution is 2.20. The Hall–Kier alpha value is -2.25. The zero-order chi connectivity index (χ0) is 19.1. The first-order valence-electron chi connectivity index (χ1n) is 9.06. The third kappa shape index (κ3) is 5.87. The first kappa shape index (κ1) is 19.5. The Morgan fingerprint density at radius 3 is 2.52 bits per heavy atom. The number of piperazine rings is 1. The fraction of sp³-hybridized carbons (Fsp3) is 0.350. The maximum atomic E-state index is 12.0. The first-order chi connectivity index (χ1) is 13.1. The number of nitrogens with zero attached hydrogens (tertiary/aromatic N) is 2. The van der Waals surface area contributed by atoms with Crippen LogP contribution >= 0.6 is 15.9 Å². The summed E-state index contributed by atoms with van der Waals surface area (Å²) in [7, 11) is 1.68. The van der Waals surface area contributed by atoms with Gasteiger partial charge in [0.05, 0.1) is 7.11 Å². The maximum absolute atomic E-state index is 12.0. The summed E-state index contributed by atoms with van der Waals surface area (Å²) in [6, 6.07) is 15.6. The minimum atomic E-state index is -0.176. The van der Waals surface area contributed by atoms with Gasteiger partial charge < -0.3 is 20.3 Å². The van der Waals surface area contributed by atoms with Crippen molar-refractivity contribution in [1.82, 2.24) is 10.2 Å². The molecule has 0 saturated carbocycles. The molecule has 1 saturated heterocycles. The van der Waals surface area contributed by atoms with Crippen LogP contribution in [0.25, 0.3) is 0 Å². The lowest BCUT2D eigenvalue weighted by molar-refractivity contribution is 0.240. The van der Waals surface area contributed by atoms with E-state index in [0.717, 1.165) is 48.6 Å². The molecule has 0 aliphatic carbocycles. The van der Waals surface area contributed by atoms with Gasteiger partial charge >= 0.3 is 6.03 Å². The van der Waals surface area contributed by atoms with E-state index in [9.17, 15) is 4.79 Å².